The molecule has 2 saturated carbocycles. The molecular weight excluding hydrogens is 266 g/mol. The maximum Gasteiger partial charge on any atom is 0.326 e. The first-order valence-corrected chi connectivity index (χ1v) is 8.72. The maximum atomic E-state index is 11.9. The smallest absolute Gasteiger partial charge is 0.326 e. The van der Waals surface area contributed by atoms with Crippen LogP contribution in [0.15, 0.2) is 0 Å². The molecule has 3 atom stereocenters. The van der Waals surface area contributed by atoms with E-state index in [1.165, 1.54) is 19.3 Å². The van der Waals surface area contributed by atoms with Gasteiger partial charge in [-0.1, -0.05) is 33.1 Å². The van der Waals surface area contributed by atoms with Crippen LogP contribution in [0.3, 0.4) is 0 Å². The molecule has 2 rings (SSSR count). The van der Waals surface area contributed by atoms with Crippen LogP contribution in [0.1, 0.15) is 65.2 Å². The van der Waals surface area contributed by atoms with Crippen LogP contribution in [0.4, 0.5) is 0 Å². The monoisotopic (exact) mass is 297 g/mol. The van der Waals surface area contributed by atoms with E-state index >= 15 is 0 Å². The molecule has 0 spiro atoms. The lowest BCUT2D eigenvalue weighted by molar-refractivity contribution is -0.151. The summed E-state index contributed by atoms with van der Waals surface area (Å²) in [6, 6.07) is 0. The third kappa shape index (κ3) is 4.19. The lowest BCUT2D eigenvalue weighted by Crippen LogP contribution is -2.58. The first-order valence-electron chi connectivity index (χ1n) is 8.72. The van der Waals surface area contributed by atoms with E-state index in [9.17, 15) is 9.90 Å². The predicted molar refractivity (Wildman–Crippen MR) is 83.4 cm³/mol. The molecule has 4 heteroatoms. The Hall–Kier alpha value is -0.610. The Morgan fingerprint density at radius 1 is 1.29 bits per heavy atom. The van der Waals surface area contributed by atoms with Gasteiger partial charge in [-0.3, -0.25) is 10.1 Å². The Labute approximate surface area is 128 Å². The number of carboxylic acid groups (broad SMARTS) is 1. The average molecular weight is 297 g/mol. The fourth-order valence-electron chi connectivity index (χ4n) is 3.56. The summed E-state index contributed by atoms with van der Waals surface area (Å²) >= 11 is 0. The van der Waals surface area contributed by atoms with Crippen LogP contribution in [0.5, 0.6) is 0 Å². The highest BCUT2D eigenvalue weighted by atomic mass is 16.5. The first-order chi connectivity index (χ1) is 10.1. The van der Waals surface area contributed by atoms with Gasteiger partial charge >= 0.3 is 5.97 Å². The second kappa shape index (κ2) is 7.59. The van der Waals surface area contributed by atoms with Gasteiger partial charge in [0.15, 0.2) is 0 Å². The van der Waals surface area contributed by atoms with E-state index < -0.39 is 11.5 Å². The fraction of sp³-hybridized carbons (Fsp3) is 0.941. The van der Waals surface area contributed by atoms with Crippen molar-refractivity contribution in [2.24, 2.45) is 11.8 Å². The topological polar surface area (TPSA) is 58.6 Å². The van der Waals surface area contributed by atoms with Gasteiger partial charge in [-0.25, -0.2) is 0 Å². The van der Waals surface area contributed by atoms with Gasteiger partial charge in [-0.2, -0.15) is 0 Å². The minimum absolute atomic E-state index is 0.243. The molecule has 21 heavy (non-hydrogen) atoms. The Morgan fingerprint density at radius 3 is 2.62 bits per heavy atom. The van der Waals surface area contributed by atoms with Crippen LogP contribution < -0.4 is 5.32 Å². The largest absolute Gasteiger partial charge is 0.480 e. The second-order valence-electron chi connectivity index (χ2n) is 6.85. The van der Waals surface area contributed by atoms with Crippen molar-refractivity contribution in [1.29, 1.82) is 0 Å². The summed E-state index contributed by atoms with van der Waals surface area (Å²) in [6.07, 6.45) is 9.14. The van der Waals surface area contributed by atoms with Crippen molar-refractivity contribution >= 4 is 5.97 Å². The Morgan fingerprint density at radius 2 is 2.05 bits per heavy atom. The van der Waals surface area contributed by atoms with Gasteiger partial charge in [0.1, 0.15) is 5.54 Å². The number of aliphatic carboxylic acids is 1. The molecule has 0 aromatic heterocycles. The zero-order valence-corrected chi connectivity index (χ0v) is 13.6. The molecule has 2 aliphatic rings. The second-order valence-corrected chi connectivity index (χ2v) is 6.85. The molecule has 0 amide bonds. The van der Waals surface area contributed by atoms with Crippen molar-refractivity contribution in [2.75, 3.05) is 13.2 Å². The van der Waals surface area contributed by atoms with Gasteiger partial charge in [0.05, 0.1) is 12.7 Å². The van der Waals surface area contributed by atoms with Crippen LogP contribution >= 0.6 is 0 Å². The van der Waals surface area contributed by atoms with E-state index in [0.717, 1.165) is 44.6 Å². The van der Waals surface area contributed by atoms with Crippen molar-refractivity contribution in [1.82, 2.24) is 5.32 Å². The number of carbonyl (C=O) groups is 1. The minimum Gasteiger partial charge on any atom is -0.480 e. The molecule has 2 aliphatic carbocycles. The van der Waals surface area contributed by atoms with Crippen LogP contribution in [-0.2, 0) is 9.53 Å². The fourth-order valence-corrected chi connectivity index (χ4v) is 3.56. The molecule has 0 aromatic carbocycles. The third-order valence-corrected chi connectivity index (χ3v) is 5.21. The summed E-state index contributed by atoms with van der Waals surface area (Å²) in [7, 11) is 0. The average Bonchev–Trinajstić information content (AvgIpc) is 3.32. The normalized spacial score (nSPS) is 29.0. The quantitative estimate of drug-likeness (QED) is 0.686. The maximum absolute atomic E-state index is 11.9. The minimum atomic E-state index is -0.852. The SMILES string of the molecule is CCCNC(COC1CCCC(CC)C1)(C(=O)O)C1CC1. The molecule has 4 nitrogen and oxygen atoms in total. The number of nitrogens with one attached hydrogen (secondary N) is 1. The molecule has 2 fully saturated rings. The van der Waals surface area contributed by atoms with E-state index in [4.69, 9.17) is 4.74 Å². The number of ether oxygens (including phenoxy) is 1. The van der Waals surface area contributed by atoms with Crippen LogP contribution in [-0.4, -0.2) is 35.9 Å². The van der Waals surface area contributed by atoms with Gasteiger partial charge in [0.25, 0.3) is 0 Å². The van der Waals surface area contributed by atoms with Gasteiger partial charge in [-0.05, 0) is 50.5 Å². The van der Waals surface area contributed by atoms with E-state index in [1.54, 1.807) is 0 Å². The summed E-state index contributed by atoms with van der Waals surface area (Å²) in [5.41, 5.74) is -0.852. The van der Waals surface area contributed by atoms with E-state index in [0.29, 0.717) is 6.61 Å². The van der Waals surface area contributed by atoms with Crippen molar-refractivity contribution in [3.8, 4) is 0 Å². The summed E-state index contributed by atoms with van der Waals surface area (Å²) in [5, 5.41) is 13.0. The lowest BCUT2D eigenvalue weighted by atomic mass is 9.85. The molecule has 0 heterocycles. The molecule has 122 valence electrons. The highest BCUT2D eigenvalue weighted by molar-refractivity contribution is 5.80. The van der Waals surface area contributed by atoms with E-state index in [-0.39, 0.29) is 12.0 Å². The standard InChI is InChI=1S/C17H31NO3/c1-3-10-18-17(16(19)20,14-8-9-14)12-21-15-7-5-6-13(4-2)11-15/h13-15,18H,3-12H2,1-2H3,(H,19,20). The highest BCUT2D eigenvalue weighted by Crippen LogP contribution is 2.41. The molecule has 0 radical (unpaired) electrons. The van der Waals surface area contributed by atoms with Gasteiger partial charge in [0, 0.05) is 0 Å². The van der Waals surface area contributed by atoms with Crippen LogP contribution in [0, 0.1) is 11.8 Å². The Kier molecular flexibility index (Phi) is 6.06. The van der Waals surface area contributed by atoms with Crippen molar-refractivity contribution in [3.63, 3.8) is 0 Å². The summed E-state index contributed by atoms with van der Waals surface area (Å²) in [5.74, 6) is 0.265. The van der Waals surface area contributed by atoms with Gasteiger partial charge in [-0.15, -0.1) is 0 Å². The molecule has 0 aliphatic heterocycles. The Bertz CT molecular complexity index is 343. The zero-order valence-electron chi connectivity index (χ0n) is 13.6. The molecule has 2 N–H and O–H groups in total. The predicted octanol–water partition coefficient (Wildman–Crippen LogP) is 3.20. The lowest BCUT2D eigenvalue weighted by Gasteiger charge is -2.35. The number of hydrogen-bond donors (Lipinski definition) is 2. The van der Waals surface area contributed by atoms with Crippen LogP contribution in [0.2, 0.25) is 0 Å². The van der Waals surface area contributed by atoms with Crippen molar-refractivity contribution in [2.45, 2.75) is 76.9 Å². The highest BCUT2D eigenvalue weighted by Gasteiger charge is 2.51. The van der Waals surface area contributed by atoms with Crippen LogP contribution in [0.25, 0.3) is 0 Å². The Balaban J connectivity index is 1.93. The van der Waals surface area contributed by atoms with Gasteiger partial charge in [0.2, 0.25) is 0 Å². The number of hydrogen-bond acceptors (Lipinski definition) is 3. The van der Waals surface area contributed by atoms with Crippen molar-refractivity contribution < 1.29 is 14.6 Å². The molecular formula is C17H31NO3. The molecule has 0 saturated heterocycles. The van der Waals surface area contributed by atoms with E-state index in [1.807, 2.05) is 0 Å². The third-order valence-electron chi connectivity index (χ3n) is 5.21. The van der Waals surface area contributed by atoms with Gasteiger partial charge < -0.3 is 9.84 Å². The summed E-state index contributed by atoms with van der Waals surface area (Å²) in [4.78, 5) is 11.9. The summed E-state index contributed by atoms with van der Waals surface area (Å²) in [6.45, 7) is 5.38. The van der Waals surface area contributed by atoms with E-state index in [2.05, 4.69) is 19.2 Å². The number of carboxylic acids is 1. The summed E-state index contributed by atoms with van der Waals surface area (Å²) < 4.78 is 6.10. The molecule has 0 aromatic rings. The molecule has 3 unspecified atom stereocenters. The van der Waals surface area contributed by atoms with Crippen molar-refractivity contribution in [3.05, 3.63) is 0 Å². The zero-order chi connectivity index (χ0) is 15.3. The number of rotatable bonds is 9. The first kappa shape index (κ1) is 16.8. The molecule has 0 bridgehead atoms.